The van der Waals surface area contributed by atoms with Gasteiger partial charge in [-0.15, -0.1) is 0 Å². The number of fused-ring (bicyclic) bond motifs is 3. The second-order valence-corrected chi connectivity index (χ2v) is 8.32. The maximum atomic E-state index is 10.7. The van der Waals surface area contributed by atoms with Crippen molar-refractivity contribution in [3.05, 3.63) is 23.3 Å². The van der Waals surface area contributed by atoms with E-state index in [1.165, 1.54) is 44.1 Å². The first kappa shape index (κ1) is 16.7. The van der Waals surface area contributed by atoms with E-state index < -0.39 is 0 Å². The predicted octanol–water partition coefficient (Wildman–Crippen LogP) is 5.82. The molecule has 1 aliphatic carbocycles. The van der Waals surface area contributed by atoms with Gasteiger partial charge in [0.1, 0.15) is 17.1 Å². The monoisotopic (exact) mass is 316 g/mol. The molecule has 128 valence electrons. The highest BCUT2D eigenvalue weighted by Gasteiger charge is 2.47. The Kier molecular flexibility index (Phi) is 4.62. The van der Waals surface area contributed by atoms with Crippen LogP contribution in [0.4, 0.5) is 0 Å². The van der Waals surface area contributed by atoms with Crippen molar-refractivity contribution in [3.8, 4) is 11.5 Å². The zero-order valence-corrected chi connectivity index (χ0v) is 15.2. The average Bonchev–Trinajstić information content (AvgIpc) is 2.46. The van der Waals surface area contributed by atoms with Crippen molar-refractivity contribution in [2.45, 2.75) is 84.2 Å². The summed E-state index contributed by atoms with van der Waals surface area (Å²) < 4.78 is 6.39. The highest BCUT2D eigenvalue weighted by molar-refractivity contribution is 5.52. The molecule has 23 heavy (non-hydrogen) atoms. The molecule has 1 fully saturated rings. The van der Waals surface area contributed by atoms with Crippen LogP contribution in [0.15, 0.2) is 12.1 Å². The van der Waals surface area contributed by atoms with Crippen molar-refractivity contribution in [1.29, 1.82) is 0 Å². The summed E-state index contributed by atoms with van der Waals surface area (Å²) >= 11 is 0. The number of benzene rings is 1. The van der Waals surface area contributed by atoms with Crippen LogP contribution in [0, 0.1) is 11.8 Å². The number of aromatic hydroxyl groups is 1. The van der Waals surface area contributed by atoms with Gasteiger partial charge < -0.3 is 9.84 Å². The second kappa shape index (κ2) is 6.37. The van der Waals surface area contributed by atoms with Crippen LogP contribution in [-0.4, -0.2) is 10.7 Å². The summed E-state index contributed by atoms with van der Waals surface area (Å²) in [5.41, 5.74) is 2.17. The molecule has 2 heteroatoms. The van der Waals surface area contributed by atoms with Crippen molar-refractivity contribution < 1.29 is 9.84 Å². The van der Waals surface area contributed by atoms with Crippen LogP contribution in [-0.2, 0) is 6.42 Å². The van der Waals surface area contributed by atoms with Crippen LogP contribution in [0.1, 0.15) is 83.3 Å². The molecule has 3 atom stereocenters. The first-order valence-corrected chi connectivity index (χ1v) is 9.47. The SMILES string of the molecule is CCCCCc1cc(O)c2c(c1)OC(C)(C)C1CC[C@@H](C)C[C@H]21. The second-order valence-electron chi connectivity index (χ2n) is 8.32. The molecule has 0 aromatic heterocycles. The lowest BCUT2D eigenvalue weighted by molar-refractivity contribution is -0.0145. The van der Waals surface area contributed by atoms with E-state index in [4.69, 9.17) is 4.74 Å². The molecule has 1 heterocycles. The Labute approximate surface area is 141 Å². The molecule has 1 aliphatic heterocycles. The van der Waals surface area contributed by atoms with Crippen molar-refractivity contribution in [2.75, 3.05) is 0 Å². The summed E-state index contributed by atoms with van der Waals surface area (Å²) in [6.45, 7) is 9.02. The maximum absolute atomic E-state index is 10.7. The van der Waals surface area contributed by atoms with Gasteiger partial charge in [0.2, 0.25) is 0 Å². The summed E-state index contributed by atoms with van der Waals surface area (Å²) in [5.74, 6) is 3.11. The molecule has 2 nitrogen and oxygen atoms in total. The number of aryl methyl sites for hydroxylation is 1. The van der Waals surface area contributed by atoms with E-state index in [1.54, 1.807) is 0 Å². The lowest BCUT2D eigenvalue weighted by atomic mass is 9.64. The Morgan fingerprint density at radius 1 is 1.22 bits per heavy atom. The third-order valence-corrected chi connectivity index (χ3v) is 6.00. The summed E-state index contributed by atoms with van der Waals surface area (Å²) in [5, 5.41) is 10.7. The fraction of sp³-hybridized carbons (Fsp3) is 0.714. The van der Waals surface area contributed by atoms with E-state index >= 15 is 0 Å². The molecule has 0 bridgehead atoms. The van der Waals surface area contributed by atoms with Crippen molar-refractivity contribution in [3.63, 3.8) is 0 Å². The molecule has 3 rings (SSSR count). The Bertz CT molecular complexity index is 561. The summed E-state index contributed by atoms with van der Waals surface area (Å²) in [7, 11) is 0. The molecule has 0 amide bonds. The number of ether oxygens (including phenoxy) is 1. The lowest BCUT2D eigenvalue weighted by Crippen LogP contribution is -2.46. The lowest BCUT2D eigenvalue weighted by Gasteiger charge is -2.48. The number of rotatable bonds is 4. The Morgan fingerprint density at radius 2 is 2.00 bits per heavy atom. The van der Waals surface area contributed by atoms with Crippen molar-refractivity contribution >= 4 is 0 Å². The van der Waals surface area contributed by atoms with Gasteiger partial charge in [0.05, 0.1) is 0 Å². The van der Waals surface area contributed by atoms with Crippen LogP contribution in [0.25, 0.3) is 0 Å². The fourth-order valence-electron chi connectivity index (χ4n) is 4.74. The van der Waals surface area contributed by atoms with Crippen molar-refractivity contribution in [2.24, 2.45) is 11.8 Å². The smallest absolute Gasteiger partial charge is 0.127 e. The highest BCUT2D eigenvalue weighted by atomic mass is 16.5. The molecule has 1 aromatic carbocycles. The first-order chi connectivity index (χ1) is 10.9. The molecule has 1 aromatic rings. The zero-order valence-electron chi connectivity index (χ0n) is 15.2. The average molecular weight is 316 g/mol. The standard InChI is InChI=1S/C21H32O2/c1-5-6-7-8-15-12-18(22)20-16-11-14(2)9-10-17(16)21(3,4)23-19(20)13-15/h12-14,16-17,22H,5-11H2,1-4H3/t14-,16+,17?/m1/s1. The normalized spacial score (nSPS) is 28.6. The molecule has 0 spiro atoms. The van der Waals surface area contributed by atoms with E-state index in [9.17, 15) is 5.11 Å². The summed E-state index contributed by atoms with van der Waals surface area (Å²) in [4.78, 5) is 0. The Morgan fingerprint density at radius 3 is 2.74 bits per heavy atom. The van der Waals surface area contributed by atoms with Crippen LogP contribution in [0.2, 0.25) is 0 Å². The topological polar surface area (TPSA) is 29.5 Å². The maximum Gasteiger partial charge on any atom is 0.127 e. The highest BCUT2D eigenvalue weighted by Crippen LogP contribution is 2.55. The Balaban J connectivity index is 1.94. The van der Waals surface area contributed by atoms with Gasteiger partial charge in [-0.2, -0.15) is 0 Å². The third-order valence-electron chi connectivity index (χ3n) is 6.00. The van der Waals surface area contributed by atoms with Gasteiger partial charge in [-0.25, -0.2) is 0 Å². The van der Waals surface area contributed by atoms with Gasteiger partial charge in [0.15, 0.2) is 0 Å². The van der Waals surface area contributed by atoms with Crippen LogP contribution >= 0.6 is 0 Å². The van der Waals surface area contributed by atoms with Crippen molar-refractivity contribution in [1.82, 2.24) is 0 Å². The van der Waals surface area contributed by atoms with Crippen LogP contribution in [0.5, 0.6) is 11.5 Å². The summed E-state index contributed by atoms with van der Waals surface area (Å²) in [6.07, 6.45) is 8.33. The molecule has 1 saturated carbocycles. The van der Waals surface area contributed by atoms with Gasteiger partial charge >= 0.3 is 0 Å². The minimum atomic E-state index is -0.133. The molecular formula is C21H32O2. The number of hydrogen-bond donors (Lipinski definition) is 1. The molecule has 1 unspecified atom stereocenters. The van der Waals surface area contributed by atoms with E-state index in [2.05, 4.69) is 33.8 Å². The molecule has 0 saturated heterocycles. The number of unbranched alkanes of at least 4 members (excludes halogenated alkanes) is 2. The minimum Gasteiger partial charge on any atom is -0.508 e. The van der Waals surface area contributed by atoms with E-state index in [-0.39, 0.29) is 5.60 Å². The predicted molar refractivity (Wildman–Crippen MR) is 95.3 cm³/mol. The van der Waals surface area contributed by atoms with Gasteiger partial charge in [0.25, 0.3) is 0 Å². The Hall–Kier alpha value is -1.18. The van der Waals surface area contributed by atoms with Gasteiger partial charge in [-0.05, 0) is 69.1 Å². The van der Waals surface area contributed by atoms with Crippen LogP contribution in [0.3, 0.4) is 0 Å². The van der Waals surface area contributed by atoms with Gasteiger partial charge in [-0.3, -0.25) is 0 Å². The van der Waals surface area contributed by atoms with Gasteiger partial charge in [0, 0.05) is 11.5 Å². The first-order valence-electron chi connectivity index (χ1n) is 9.47. The zero-order chi connectivity index (χ0) is 16.6. The van der Waals surface area contributed by atoms with Gasteiger partial charge in [-0.1, -0.05) is 33.1 Å². The molecule has 1 N–H and O–H groups in total. The number of phenolic OH excluding ortho intramolecular Hbond substituents is 1. The van der Waals surface area contributed by atoms with E-state index in [0.29, 0.717) is 17.6 Å². The van der Waals surface area contributed by atoms with E-state index in [1.807, 2.05) is 6.07 Å². The summed E-state index contributed by atoms with van der Waals surface area (Å²) in [6, 6.07) is 4.19. The molecule has 2 aliphatic rings. The number of phenols is 1. The molecule has 0 radical (unpaired) electrons. The van der Waals surface area contributed by atoms with Crippen LogP contribution < -0.4 is 4.74 Å². The molecular weight excluding hydrogens is 284 g/mol. The number of hydrogen-bond acceptors (Lipinski definition) is 2. The quantitative estimate of drug-likeness (QED) is 0.710. The van der Waals surface area contributed by atoms with E-state index in [0.717, 1.165) is 23.7 Å². The minimum absolute atomic E-state index is 0.133. The third kappa shape index (κ3) is 3.22. The fourth-order valence-corrected chi connectivity index (χ4v) is 4.74. The largest absolute Gasteiger partial charge is 0.508 e.